The predicted octanol–water partition coefficient (Wildman–Crippen LogP) is 3.69. The van der Waals surface area contributed by atoms with Crippen molar-refractivity contribution < 1.29 is 31.1 Å². The Hall–Kier alpha value is -3.07. The summed E-state index contributed by atoms with van der Waals surface area (Å²) < 4.78 is 58.1. The maximum absolute atomic E-state index is 12.5. The Kier molecular flexibility index (Phi) is 5.31. The number of alkyl halides is 2. The lowest BCUT2D eigenvalue weighted by molar-refractivity contribution is 0.0467. The molecule has 0 saturated heterocycles. The molecule has 9 heteroatoms. The molecule has 1 heterocycles. The number of hydrogen-bond acceptors (Lipinski definition) is 6. The molecular formula is C18H13F2NO5S. The van der Waals surface area contributed by atoms with E-state index in [1.54, 1.807) is 0 Å². The largest absolute Gasteiger partial charge is 0.455 e. The molecule has 2 aromatic carbocycles. The maximum Gasteiger partial charge on any atom is 0.341 e. The summed E-state index contributed by atoms with van der Waals surface area (Å²) >= 11 is 0. The van der Waals surface area contributed by atoms with Gasteiger partial charge in [0.15, 0.2) is 0 Å². The van der Waals surface area contributed by atoms with Gasteiger partial charge in [-0.1, -0.05) is 18.2 Å². The van der Waals surface area contributed by atoms with Gasteiger partial charge in [0.25, 0.3) is 0 Å². The van der Waals surface area contributed by atoms with Crippen LogP contribution in [0.2, 0.25) is 0 Å². The predicted molar refractivity (Wildman–Crippen MR) is 90.7 cm³/mol. The molecule has 3 aromatic rings. The summed E-state index contributed by atoms with van der Waals surface area (Å²) in [5, 5.41) is 0. The van der Waals surface area contributed by atoms with Crippen molar-refractivity contribution in [3.8, 4) is 11.5 Å². The number of ether oxygens (including phenoxy) is 1. The number of rotatable bonds is 6. The third-order valence-electron chi connectivity index (χ3n) is 3.58. The van der Waals surface area contributed by atoms with E-state index in [4.69, 9.17) is 9.15 Å². The average Bonchev–Trinajstić information content (AvgIpc) is 3.16. The van der Waals surface area contributed by atoms with Crippen molar-refractivity contribution in [2.45, 2.75) is 17.3 Å². The van der Waals surface area contributed by atoms with Crippen molar-refractivity contribution >= 4 is 15.8 Å². The van der Waals surface area contributed by atoms with Gasteiger partial charge < -0.3 is 9.15 Å². The zero-order chi connectivity index (χ0) is 19.4. The molecule has 140 valence electrons. The fourth-order valence-corrected chi connectivity index (χ4v) is 2.91. The first kappa shape index (κ1) is 18.7. The van der Waals surface area contributed by atoms with Crippen LogP contribution < -0.4 is 0 Å². The van der Waals surface area contributed by atoms with Gasteiger partial charge in [0, 0.05) is 5.56 Å². The van der Waals surface area contributed by atoms with Crippen LogP contribution in [-0.4, -0.2) is 25.1 Å². The van der Waals surface area contributed by atoms with Crippen molar-refractivity contribution in [2.75, 3.05) is 0 Å². The molecule has 0 bridgehead atoms. The second-order valence-corrected chi connectivity index (χ2v) is 7.33. The summed E-state index contributed by atoms with van der Waals surface area (Å²) in [7, 11) is -4.71. The Morgan fingerprint density at radius 1 is 1.07 bits per heavy atom. The van der Waals surface area contributed by atoms with E-state index in [9.17, 15) is 22.0 Å². The standard InChI is InChI=1S/C18H13F2NO5S/c19-18(20)27(23,24)15-8-6-13(7-9-15)17(22)26-11-14-10-25-16(21-14)12-4-2-1-3-5-12/h1-10,18H,11H2. The van der Waals surface area contributed by atoms with Crippen LogP contribution in [0.15, 0.2) is 70.2 Å². The van der Waals surface area contributed by atoms with E-state index in [-0.39, 0.29) is 12.2 Å². The van der Waals surface area contributed by atoms with E-state index in [2.05, 4.69) is 4.98 Å². The molecule has 6 nitrogen and oxygen atoms in total. The fraction of sp³-hybridized carbons (Fsp3) is 0.111. The van der Waals surface area contributed by atoms with Gasteiger partial charge in [-0.05, 0) is 36.4 Å². The zero-order valence-corrected chi connectivity index (χ0v) is 14.5. The first-order valence-electron chi connectivity index (χ1n) is 7.67. The average molecular weight is 393 g/mol. The second kappa shape index (κ2) is 7.67. The molecule has 0 radical (unpaired) electrons. The van der Waals surface area contributed by atoms with Crippen LogP contribution in [0.4, 0.5) is 8.78 Å². The number of aromatic nitrogens is 1. The highest BCUT2D eigenvalue weighted by atomic mass is 32.2. The van der Waals surface area contributed by atoms with Gasteiger partial charge in [-0.25, -0.2) is 18.2 Å². The molecule has 1 aromatic heterocycles. The molecule has 0 unspecified atom stereocenters. The number of esters is 1. The summed E-state index contributed by atoms with van der Waals surface area (Å²) in [5.41, 5.74) is 1.18. The molecule has 0 aliphatic heterocycles. The molecule has 0 spiro atoms. The van der Waals surface area contributed by atoms with E-state index < -0.39 is 26.5 Å². The Balaban J connectivity index is 1.64. The van der Waals surface area contributed by atoms with Gasteiger partial charge in [0.1, 0.15) is 18.6 Å². The number of sulfone groups is 1. The van der Waals surface area contributed by atoms with Gasteiger partial charge in [0.05, 0.1) is 10.5 Å². The first-order chi connectivity index (χ1) is 12.9. The van der Waals surface area contributed by atoms with Gasteiger partial charge in [-0.15, -0.1) is 0 Å². The number of halogens is 2. The van der Waals surface area contributed by atoms with Crippen LogP contribution in [-0.2, 0) is 21.2 Å². The molecule has 0 aliphatic carbocycles. The molecule has 3 rings (SSSR count). The summed E-state index contributed by atoms with van der Waals surface area (Å²) in [4.78, 5) is 15.6. The van der Waals surface area contributed by atoms with Crippen molar-refractivity contribution in [2.24, 2.45) is 0 Å². The number of nitrogens with zero attached hydrogens (tertiary/aromatic N) is 1. The van der Waals surface area contributed by atoms with E-state index in [1.165, 1.54) is 6.26 Å². The fourth-order valence-electron chi connectivity index (χ4n) is 2.19. The summed E-state index contributed by atoms with van der Waals surface area (Å²) in [6.45, 7) is -0.160. The van der Waals surface area contributed by atoms with Gasteiger partial charge in [-0.2, -0.15) is 8.78 Å². The van der Waals surface area contributed by atoms with Crippen LogP contribution in [0.1, 0.15) is 16.1 Å². The SMILES string of the molecule is O=C(OCc1coc(-c2ccccc2)n1)c1ccc(S(=O)(=O)C(F)F)cc1. The minimum Gasteiger partial charge on any atom is -0.455 e. The van der Waals surface area contributed by atoms with Gasteiger partial charge >= 0.3 is 11.7 Å². The number of oxazole rings is 1. The van der Waals surface area contributed by atoms with Crippen molar-refractivity contribution in [1.29, 1.82) is 0 Å². The van der Waals surface area contributed by atoms with Crippen LogP contribution in [0, 0.1) is 0 Å². The molecule has 0 N–H and O–H groups in total. The quantitative estimate of drug-likeness (QED) is 0.594. The van der Waals surface area contributed by atoms with Crippen molar-refractivity contribution in [3.05, 3.63) is 72.1 Å². The first-order valence-corrected chi connectivity index (χ1v) is 9.21. The second-order valence-electron chi connectivity index (χ2n) is 5.42. The molecule has 0 fully saturated rings. The summed E-state index contributed by atoms with van der Waals surface area (Å²) in [5.74, 6) is -3.90. The summed E-state index contributed by atoms with van der Waals surface area (Å²) in [6.07, 6.45) is 1.36. The highest BCUT2D eigenvalue weighted by molar-refractivity contribution is 7.91. The van der Waals surface area contributed by atoms with Crippen LogP contribution in [0.5, 0.6) is 0 Å². The Morgan fingerprint density at radius 2 is 1.74 bits per heavy atom. The summed E-state index contributed by atoms with van der Waals surface area (Å²) in [6, 6.07) is 13.2. The molecule has 0 saturated carbocycles. The van der Waals surface area contributed by atoms with Gasteiger partial charge in [-0.3, -0.25) is 0 Å². The van der Waals surface area contributed by atoms with Crippen molar-refractivity contribution in [1.82, 2.24) is 4.98 Å². The number of carbonyl (C=O) groups excluding carboxylic acids is 1. The van der Waals surface area contributed by atoms with E-state index in [0.29, 0.717) is 11.6 Å². The lowest BCUT2D eigenvalue weighted by atomic mass is 10.2. The number of benzene rings is 2. The Labute approximate surface area is 153 Å². The third kappa shape index (κ3) is 4.20. The highest BCUT2D eigenvalue weighted by Gasteiger charge is 2.26. The number of hydrogen-bond donors (Lipinski definition) is 0. The minimum absolute atomic E-state index is 0.0231. The van der Waals surface area contributed by atoms with Crippen LogP contribution >= 0.6 is 0 Å². The Bertz CT molecular complexity index is 1030. The van der Waals surface area contributed by atoms with Crippen molar-refractivity contribution in [3.63, 3.8) is 0 Å². The van der Waals surface area contributed by atoms with E-state index in [1.807, 2.05) is 30.3 Å². The molecule has 0 amide bonds. The molecule has 0 atom stereocenters. The van der Waals surface area contributed by atoms with E-state index >= 15 is 0 Å². The van der Waals surface area contributed by atoms with Gasteiger partial charge in [0.2, 0.25) is 15.7 Å². The Morgan fingerprint density at radius 3 is 2.37 bits per heavy atom. The molecular weight excluding hydrogens is 380 g/mol. The lowest BCUT2D eigenvalue weighted by Gasteiger charge is -2.05. The monoisotopic (exact) mass is 393 g/mol. The maximum atomic E-state index is 12.5. The van der Waals surface area contributed by atoms with Crippen LogP contribution in [0.25, 0.3) is 11.5 Å². The highest BCUT2D eigenvalue weighted by Crippen LogP contribution is 2.20. The minimum atomic E-state index is -4.71. The zero-order valence-electron chi connectivity index (χ0n) is 13.7. The molecule has 0 aliphatic rings. The molecule has 27 heavy (non-hydrogen) atoms. The normalized spacial score (nSPS) is 11.5. The smallest absolute Gasteiger partial charge is 0.341 e. The topological polar surface area (TPSA) is 86.5 Å². The van der Waals surface area contributed by atoms with Crippen LogP contribution in [0.3, 0.4) is 0 Å². The lowest BCUT2D eigenvalue weighted by Crippen LogP contribution is -2.12. The third-order valence-corrected chi connectivity index (χ3v) is 4.98. The van der Waals surface area contributed by atoms with E-state index in [0.717, 1.165) is 29.8 Å². The number of carbonyl (C=O) groups is 1.